The third-order valence-corrected chi connectivity index (χ3v) is 13.4. The summed E-state index contributed by atoms with van der Waals surface area (Å²) < 4.78 is 77.8. The molecule has 3 fully saturated rings. The number of alkyl halides is 3. The molecule has 2 aliphatic heterocycles. The number of fused-ring (bicyclic) bond motifs is 1. The van der Waals surface area contributed by atoms with Gasteiger partial charge < -0.3 is 28.6 Å². The second-order valence-corrected chi connectivity index (χ2v) is 19.8. The second-order valence-electron chi connectivity index (χ2n) is 19.8. The van der Waals surface area contributed by atoms with Crippen LogP contribution in [0, 0.1) is 17.8 Å². The molecule has 12 heteroatoms. The van der Waals surface area contributed by atoms with Crippen molar-refractivity contribution in [1.82, 2.24) is 15.0 Å². The van der Waals surface area contributed by atoms with Crippen molar-refractivity contribution in [3.8, 4) is 11.5 Å². The van der Waals surface area contributed by atoms with Gasteiger partial charge in [-0.25, -0.2) is 23.1 Å². The number of aryl methyl sites for hydroxylation is 1. The van der Waals surface area contributed by atoms with Crippen molar-refractivity contribution in [3.63, 3.8) is 0 Å². The largest absolute Gasteiger partial charge is 0.497 e. The lowest BCUT2D eigenvalue weighted by Crippen LogP contribution is -2.47. The maximum Gasteiger partial charge on any atom is 0.248 e. The molecule has 2 saturated heterocycles. The molecule has 334 valence electrons. The van der Waals surface area contributed by atoms with Crippen molar-refractivity contribution >= 4 is 5.95 Å². The average molecular weight is 857 g/mol. The number of methoxy groups -OCH3 is 1. The number of pyridine rings is 1. The van der Waals surface area contributed by atoms with Gasteiger partial charge in [0, 0.05) is 54.1 Å². The van der Waals surface area contributed by atoms with E-state index in [0.717, 1.165) is 39.4 Å². The van der Waals surface area contributed by atoms with Gasteiger partial charge >= 0.3 is 0 Å². The molecule has 4 aliphatic rings. The van der Waals surface area contributed by atoms with Crippen LogP contribution in [0.15, 0.2) is 60.9 Å². The quantitative estimate of drug-likeness (QED) is 0.138. The summed E-state index contributed by atoms with van der Waals surface area (Å²) in [6.45, 7) is 15.4. The third-order valence-electron chi connectivity index (χ3n) is 13.4. The van der Waals surface area contributed by atoms with Gasteiger partial charge in [-0.1, -0.05) is 62.7 Å². The Bertz CT molecular complexity index is 2140. The summed E-state index contributed by atoms with van der Waals surface area (Å²) in [4.78, 5) is 17.1. The predicted octanol–water partition coefficient (Wildman–Crippen LogP) is 11.3. The van der Waals surface area contributed by atoms with Gasteiger partial charge in [-0.05, 0) is 99.5 Å². The highest BCUT2D eigenvalue weighted by atomic mass is 19.3. The normalized spacial score (nSPS) is 22.7. The maximum absolute atomic E-state index is 17.9. The summed E-state index contributed by atoms with van der Waals surface area (Å²) >= 11 is 0. The Morgan fingerprint density at radius 3 is 2.10 bits per heavy atom. The number of nitrogens with zero attached hydrogens (tertiary/aromatic N) is 4. The lowest BCUT2D eigenvalue weighted by Gasteiger charge is -2.42. The number of piperidine rings is 1. The van der Waals surface area contributed by atoms with Crippen LogP contribution in [0.4, 0.5) is 19.1 Å². The van der Waals surface area contributed by atoms with Crippen LogP contribution in [-0.2, 0) is 27.2 Å². The third kappa shape index (κ3) is 10.1. The van der Waals surface area contributed by atoms with Gasteiger partial charge in [0.2, 0.25) is 11.9 Å². The summed E-state index contributed by atoms with van der Waals surface area (Å²) in [7, 11) is 1.64. The Balaban J connectivity index is 1.11. The summed E-state index contributed by atoms with van der Waals surface area (Å²) in [5.41, 5.74) is 6.12. The predicted molar refractivity (Wildman–Crippen MR) is 233 cm³/mol. The molecule has 0 N–H and O–H groups in total. The maximum atomic E-state index is 17.9. The van der Waals surface area contributed by atoms with E-state index in [1.807, 2.05) is 69.3 Å². The van der Waals surface area contributed by atoms with Crippen molar-refractivity contribution in [2.75, 3.05) is 44.9 Å². The molecule has 9 nitrogen and oxygen atoms in total. The first-order valence-corrected chi connectivity index (χ1v) is 22.4. The number of rotatable bonds is 12. The van der Waals surface area contributed by atoms with Gasteiger partial charge in [-0.3, -0.25) is 4.98 Å². The number of halogens is 3. The van der Waals surface area contributed by atoms with Crippen LogP contribution in [0.1, 0.15) is 148 Å². The summed E-state index contributed by atoms with van der Waals surface area (Å²) in [6.07, 6.45) is 4.45. The van der Waals surface area contributed by atoms with Crippen LogP contribution in [0.5, 0.6) is 11.5 Å². The zero-order chi connectivity index (χ0) is 43.9. The lowest BCUT2D eigenvalue weighted by atomic mass is 9.68. The minimum absolute atomic E-state index is 0.0593. The number of ether oxygens (including phenoxy) is 5. The fourth-order valence-corrected chi connectivity index (χ4v) is 9.66. The number of hydrogen-bond acceptors (Lipinski definition) is 9. The van der Waals surface area contributed by atoms with Gasteiger partial charge in [0.1, 0.15) is 5.75 Å². The Labute approximate surface area is 365 Å². The first kappa shape index (κ1) is 44.4. The molecular formula is C50H63F3N4O5. The molecule has 0 amide bonds. The molecule has 62 heavy (non-hydrogen) atoms. The number of hydrogen-bond donors (Lipinski definition) is 0. The highest BCUT2D eigenvalue weighted by molar-refractivity contribution is 5.51. The second kappa shape index (κ2) is 17.7. The minimum atomic E-state index is -2.74. The van der Waals surface area contributed by atoms with Crippen molar-refractivity contribution in [2.24, 2.45) is 10.8 Å². The van der Waals surface area contributed by atoms with E-state index in [4.69, 9.17) is 28.7 Å². The molecule has 0 radical (unpaired) electrons. The number of anilines is 1. The van der Waals surface area contributed by atoms with Crippen LogP contribution < -0.4 is 14.4 Å². The summed E-state index contributed by atoms with van der Waals surface area (Å²) in [5.74, 6) is -1.70. The fourth-order valence-electron chi connectivity index (χ4n) is 9.66. The van der Waals surface area contributed by atoms with E-state index in [2.05, 4.69) is 35.6 Å². The Kier molecular flexibility index (Phi) is 12.7. The average Bonchev–Trinajstić information content (AvgIpc) is 3.25. The van der Waals surface area contributed by atoms with E-state index in [-0.39, 0.29) is 54.5 Å². The van der Waals surface area contributed by atoms with Crippen molar-refractivity contribution in [3.05, 3.63) is 106 Å². The van der Waals surface area contributed by atoms with Gasteiger partial charge in [-0.15, -0.1) is 0 Å². The first-order chi connectivity index (χ1) is 29.5. The molecule has 0 bridgehead atoms. The highest BCUT2D eigenvalue weighted by Crippen LogP contribution is 2.53. The number of benzene rings is 2. The first-order valence-electron chi connectivity index (χ1n) is 22.4. The van der Waals surface area contributed by atoms with Crippen LogP contribution in [0.2, 0.25) is 0 Å². The molecule has 4 aromatic rings. The van der Waals surface area contributed by atoms with E-state index in [0.29, 0.717) is 88.0 Å². The van der Waals surface area contributed by atoms with Gasteiger partial charge in [0.15, 0.2) is 17.7 Å². The topological polar surface area (TPSA) is 88.1 Å². The zero-order valence-corrected chi connectivity index (χ0v) is 37.4. The number of aromatic nitrogens is 3. The highest BCUT2D eigenvalue weighted by Gasteiger charge is 2.44. The molecule has 8 rings (SSSR count). The Hall–Kier alpha value is -4.26. The molecule has 1 saturated carbocycles. The van der Waals surface area contributed by atoms with E-state index in [9.17, 15) is 8.78 Å². The van der Waals surface area contributed by atoms with Gasteiger partial charge in [-0.2, -0.15) is 0 Å². The Morgan fingerprint density at radius 2 is 1.47 bits per heavy atom. The smallest absolute Gasteiger partial charge is 0.248 e. The molecule has 2 aliphatic carbocycles. The summed E-state index contributed by atoms with van der Waals surface area (Å²) in [5, 5.41) is 0. The summed E-state index contributed by atoms with van der Waals surface area (Å²) in [6, 6.07) is 15.4. The minimum Gasteiger partial charge on any atom is -0.497 e. The van der Waals surface area contributed by atoms with Crippen LogP contribution >= 0.6 is 0 Å². The van der Waals surface area contributed by atoms with Crippen LogP contribution in [-0.4, -0.2) is 66.7 Å². The molecule has 2 unspecified atom stereocenters. The molecule has 4 heterocycles. The molecule has 2 aromatic heterocycles. The monoisotopic (exact) mass is 856 g/mol. The molecule has 2 atom stereocenters. The van der Waals surface area contributed by atoms with E-state index in [1.54, 1.807) is 19.5 Å². The van der Waals surface area contributed by atoms with Gasteiger partial charge in [0.25, 0.3) is 0 Å². The molecule has 2 aromatic carbocycles. The zero-order valence-electron chi connectivity index (χ0n) is 37.4. The lowest BCUT2D eigenvalue weighted by molar-refractivity contribution is -0.285. The molecule has 0 spiro atoms. The SMILES string of the molecule is COc1ccc(COC2CC(C)(C)Cc3nc(C4CCN(c5ncc(OCC6(C)COC(C)(C)OC6)cn5)CC4)c(C(F)c4ccc(C)cc4)c(C4CCC(F)(F)CC4)c32)cc1. The fraction of sp³-hybridized carbons (Fsp3) is 0.580. The van der Waals surface area contributed by atoms with Crippen LogP contribution in [0.25, 0.3) is 0 Å². The van der Waals surface area contributed by atoms with E-state index >= 15 is 4.39 Å². The van der Waals surface area contributed by atoms with E-state index < -0.39 is 17.9 Å². The van der Waals surface area contributed by atoms with E-state index in [1.165, 1.54) is 0 Å². The van der Waals surface area contributed by atoms with Crippen molar-refractivity contribution < 1.29 is 36.9 Å². The van der Waals surface area contributed by atoms with Gasteiger partial charge in [0.05, 0.1) is 57.7 Å². The molecular weight excluding hydrogens is 794 g/mol. The Morgan fingerprint density at radius 1 is 0.823 bits per heavy atom. The standard InChI is InChI=1S/C50H63F3N4O5/c1-32-8-12-35(13-9-32)44(51)43-41(34-16-20-50(52,53)21-17-34)42-39(24-47(2,3)25-40(42)59-28-33-10-14-37(58-7)15-11-33)56-45(43)36-18-22-57(23-19-36)46-54-26-38(27-55-46)60-29-49(6)30-61-48(4,5)62-31-49/h8-15,26-27,34,36,40,44H,16-25,28-31H2,1-7H3. The van der Waals surface area contributed by atoms with Crippen LogP contribution in [0.3, 0.4) is 0 Å². The van der Waals surface area contributed by atoms with Crippen molar-refractivity contribution in [1.29, 1.82) is 0 Å². The van der Waals surface area contributed by atoms with Crippen molar-refractivity contribution in [2.45, 2.75) is 135 Å².